The zero-order valence-electron chi connectivity index (χ0n) is 20.1. The molecule has 3 aromatic carbocycles. The summed E-state index contributed by atoms with van der Waals surface area (Å²) in [5.41, 5.74) is 6.18. The largest absolute Gasteiger partial charge is 0.467 e. The second kappa shape index (κ2) is 11.0. The van der Waals surface area contributed by atoms with Crippen molar-refractivity contribution in [1.82, 2.24) is 0 Å². The Labute approximate surface area is 193 Å². The third-order valence-electron chi connectivity index (χ3n) is 5.23. The molecule has 0 bridgehead atoms. The first-order chi connectivity index (χ1) is 15.3. The zero-order valence-corrected chi connectivity index (χ0v) is 21.0. The number of methoxy groups -OCH3 is 2. The highest BCUT2D eigenvalue weighted by molar-refractivity contribution is 7.80. The van der Waals surface area contributed by atoms with Gasteiger partial charge in [-0.25, -0.2) is 0 Å². The predicted octanol–water partition coefficient (Wildman–Crippen LogP) is 4.95. The number of benzene rings is 3. The molecule has 0 radical (unpaired) electrons. The lowest BCUT2D eigenvalue weighted by Crippen LogP contribution is -2.28. The van der Waals surface area contributed by atoms with Crippen LogP contribution in [0.25, 0.3) is 0 Å². The second-order valence-corrected chi connectivity index (χ2v) is 10.2. The van der Waals surface area contributed by atoms with E-state index in [0.717, 1.165) is 22.1 Å². The molecule has 3 rings (SSSR count). The summed E-state index contributed by atoms with van der Waals surface area (Å²) in [5, 5.41) is 3.63. The molecule has 0 spiro atoms. The van der Waals surface area contributed by atoms with Gasteiger partial charge in [-0.05, 0) is 83.2 Å². The molecule has 0 aliphatic carbocycles. The van der Waals surface area contributed by atoms with Gasteiger partial charge in [0.25, 0.3) is 0 Å². The predicted molar refractivity (Wildman–Crippen MR) is 134 cm³/mol. The number of rotatable bonds is 9. The minimum atomic E-state index is -0.968. The van der Waals surface area contributed by atoms with E-state index in [4.69, 9.17) is 18.9 Å². The van der Waals surface area contributed by atoms with Crippen LogP contribution in [-0.4, -0.2) is 27.8 Å². The molecule has 0 atom stereocenters. The van der Waals surface area contributed by atoms with Crippen molar-refractivity contribution < 1.29 is 18.9 Å². The lowest BCUT2D eigenvalue weighted by molar-refractivity contribution is 0.0519. The first-order valence-corrected chi connectivity index (χ1v) is 12.0. The van der Waals surface area contributed by atoms with Crippen molar-refractivity contribution in [2.45, 2.75) is 34.6 Å². The summed E-state index contributed by atoms with van der Waals surface area (Å²) < 4.78 is 22.5. The molecular formula is C27H33O4P. The van der Waals surface area contributed by atoms with Gasteiger partial charge in [0.05, 0.1) is 0 Å². The maximum absolute atomic E-state index is 6.05. The van der Waals surface area contributed by atoms with Crippen LogP contribution in [-0.2, 0) is 9.47 Å². The molecule has 3 aromatic rings. The SMILES string of the molecule is COCOc1ccc(C)cc1P(c1cc(C)ccc1OCOC)c1c(C)cc(C)cc1C. The summed E-state index contributed by atoms with van der Waals surface area (Å²) in [5.74, 6) is 1.67. The van der Waals surface area contributed by atoms with Crippen LogP contribution in [0.15, 0.2) is 48.5 Å². The Morgan fingerprint density at radius 2 is 1.03 bits per heavy atom. The van der Waals surface area contributed by atoms with Crippen molar-refractivity contribution in [3.63, 3.8) is 0 Å². The molecule has 5 heteroatoms. The van der Waals surface area contributed by atoms with Crippen molar-refractivity contribution in [3.8, 4) is 11.5 Å². The molecule has 0 fully saturated rings. The second-order valence-electron chi connectivity index (χ2n) is 8.13. The maximum atomic E-state index is 6.05. The molecule has 0 heterocycles. The Hall–Kier alpha value is -2.39. The van der Waals surface area contributed by atoms with Crippen LogP contribution in [0, 0.1) is 34.6 Å². The summed E-state index contributed by atoms with van der Waals surface area (Å²) in [6, 6.07) is 17.2. The number of hydrogen-bond donors (Lipinski definition) is 0. The van der Waals surface area contributed by atoms with Crippen LogP contribution in [0.1, 0.15) is 27.8 Å². The van der Waals surface area contributed by atoms with E-state index in [-0.39, 0.29) is 13.6 Å². The van der Waals surface area contributed by atoms with Gasteiger partial charge in [0.15, 0.2) is 13.6 Å². The van der Waals surface area contributed by atoms with E-state index in [0.29, 0.717) is 0 Å². The molecule has 0 saturated heterocycles. The van der Waals surface area contributed by atoms with Gasteiger partial charge in [0.2, 0.25) is 0 Å². The molecular weight excluding hydrogens is 419 g/mol. The average molecular weight is 453 g/mol. The monoisotopic (exact) mass is 452 g/mol. The molecule has 4 nitrogen and oxygen atoms in total. The van der Waals surface area contributed by atoms with E-state index in [1.54, 1.807) is 14.2 Å². The summed E-state index contributed by atoms with van der Waals surface area (Å²) in [6.07, 6.45) is 0. The third-order valence-corrected chi connectivity index (χ3v) is 8.05. The molecule has 0 saturated carbocycles. The van der Waals surface area contributed by atoms with E-state index in [9.17, 15) is 0 Å². The quantitative estimate of drug-likeness (QED) is 0.340. The first kappa shape index (κ1) is 24.3. The standard InChI is InChI=1S/C27H33O4P/c1-18-8-10-23(30-16-28-6)25(14-18)32(27-21(4)12-20(3)13-22(27)5)26-15-19(2)9-11-24(26)31-17-29-7/h8-15H,16-17H2,1-7H3. The summed E-state index contributed by atoms with van der Waals surface area (Å²) in [4.78, 5) is 0. The van der Waals surface area contributed by atoms with Crippen molar-refractivity contribution >= 4 is 23.8 Å². The van der Waals surface area contributed by atoms with E-state index >= 15 is 0 Å². The molecule has 0 aliphatic heterocycles. The number of ether oxygens (including phenoxy) is 4. The van der Waals surface area contributed by atoms with Crippen molar-refractivity contribution in [2.24, 2.45) is 0 Å². The van der Waals surface area contributed by atoms with Crippen molar-refractivity contribution in [1.29, 1.82) is 0 Å². The smallest absolute Gasteiger partial charge is 0.188 e. The van der Waals surface area contributed by atoms with Crippen LogP contribution in [0.4, 0.5) is 0 Å². The molecule has 0 N–H and O–H groups in total. The number of aryl methyl sites for hydroxylation is 5. The fourth-order valence-corrected chi connectivity index (χ4v) is 6.95. The minimum absolute atomic E-state index is 0.200. The molecule has 0 unspecified atom stereocenters. The van der Waals surface area contributed by atoms with Gasteiger partial charge < -0.3 is 18.9 Å². The lowest BCUT2D eigenvalue weighted by Gasteiger charge is -2.27. The van der Waals surface area contributed by atoms with Crippen molar-refractivity contribution in [3.05, 3.63) is 76.3 Å². The highest BCUT2D eigenvalue weighted by atomic mass is 31.1. The fourth-order valence-electron chi connectivity index (χ4n) is 3.99. The van der Waals surface area contributed by atoms with Gasteiger partial charge in [0, 0.05) is 24.8 Å². The lowest BCUT2D eigenvalue weighted by atomic mass is 10.1. The molecule has 0 amide bonds. The van der Waals surface area contributed by atoms with E-state index in [2.05, 4.69) is 71.0 Å². The fraction of sp³-hybridized carbons (Fsp3) is 0.333. The van der Waals surface area contributed by atoms with E-state index in [1.807, 2.05) is 12.1 Å². The average Bonchev–Trinajstić information content (AvgIpc) is 2.74. The zero-order chi connectivity index (χ0) is 23.3. The third kappa shape index (κ3) is 5.50. The Bertz CT molecular complexity index is 997. The molecule has 170 valence electrons. The van der Waals surface area contributed by atoms with Gasteiger partial charge in [-0.15, -0.1) is 0 Å². The summed E-state index contributed by atoms with van der Waals surface area (Å²) in [7, 11) is 2.31. The van der Waals surface area contributed by atoms with Gasteiger partial charge >= 0.3 is 0 Å². The summed E-state index contributed by atoms with van der Waals surface area (Å²) >= 11 is 0. The van der Waals surface area contributed by atoms with Crippen LogP contribution in [0.2, 0.25) is 0 Å². The van der Waals surface area contributed by atoms with Gasteiger partial charge in [-0.2, -0.15) is 0 Å². The van der Waals surface area contributed by atoms with Gasteiger partial charge in [-0.1, -0.05) is 41.0 Å². The highest BCUT2D eigenvalue weighted by Gasteiger charge is 2.27. The number of hydrogen-bond acceptors (Lipinski definition) is 4. The molecule has 0 aromatic heterocycles. The first-order valence-electron chi connectivity index (χ1n) is 10.7. The van der Waals surface area contributed by atoms with Gasteiger partial charge in [-0.3, -0.25) is 0 Å². The minimum Gasteiger partial charge on any atom is -0.467 e. The van der Waals surface area contributed by atoms with Gasteiger partial charge in [0.1, 0.15) is 11.5 Å². The Morgan fingerprint density at radius 3 is 1.44 bits per heavy atom. The molecule has 32 heavy (non-hydrogen) atoms. The van der Waals surface area contributed by atoms with E-state index < -0.39 is 7.92 Å². The summed E-state index contributed by atoms with van der Waals surface area (Å²) in [6.45, 7) is 11.2. The molecule has 0 aliphatic rings. The topological polar surface area (TPSA) is 36.9 Å². The van der Waals surface area contributed by atoms with Crippen LogP contribution < -0.4 is 25.4 Å². The van der Waals surface area contributed by atoms with Crippen LogP contribution in [0.3, 0.4) is 0 Å². The Balaban J connectivity index is 2.34. The van der Waals surface area contributed by atoms with Crippen LogP contribution in [0.5, 0.6) is 11.5 Å². The van der Waals surface area contributed by atoms with Crippen molar-refractivity contribution in [2.75, 3.05) is 27.8 Å². The van der Waals surface area contributed by atoms with E-state index in [1.165, 1.54) is 33.1 Å². The normalized spacial score (nSPS) is 11.1. The Kier molecular flexibility index (Phi) is 8.31. The maximum Gasteiger partial charge on any atom is 0.188 e. The highest BCUT2D eigenvalue weighted by Crippen LogP contribution is 2.42. The van der Waals surface area contributed by atoms with Crippen LogP contribution >= 0.6 is 7.92 Å². The Morgan fingerprint density at radius 1 is 0.594 bits per heavy atom.